The summed E-state index contributed by atoms with van der Waals surface area (Å²) in [5.74, 6) is -5.74. The van der Waals surface area contributed by atoms with Crippen LogP contribution in [0, 0.1) is 0 Å². The number of hydrogen-bond donors (Lipinski definition) is 0. The molecule has 6 heteroatoms. The molecule has 0 N–H and O–H groups in total. The molecule has 90 valence electrons. The van der Waals surface area contributed by atoms with Gasteiger partial charge in [-0.1, -0.05) is 0 Å². The van der Waals surface area contributed by atoms with Gasteiger partial charge in [-0.3, -0.25) is 0 Å². The van der Waals surface area contributed by atoms with Gasteiger partial charge in [0.2, 0.25) is 0 Å². The van der Waals surface area contributed by atoms with E-state index >= 15 is 0 Å². The highest BCUT2D eigenvalue weighted by atomic mass is 19.3. The second kappa shape index (κ2) is 4.83. The fourth-order valence-electron chi connectivity index (χ4n) is 0.930. The highest BCUT2D eigenvalue weighted by molar-refractivity contribution is 5.75. The standard InChI is InChI=1S/C9H15F3O3/c1-5-15-8(2,3)9(11,12)6(10)7(13)14-4/h6H,5H2,1-4H3/i5D. The highest BCUT2D eigenvalue weighted by Crippen LogP contribution is 2.36. The van der Waals surface area contributed by atoms with Gasteiger partial charge in [0.25, 0.3) is 6.17 Å². The Hall–Kier alpha value is -0.780. The van der Waals surface area contributed by atoms with Gasteiger partial charge in [0.1, 0.15) is 5.60 Å². The normalized spacial score (nSPS) is 17.9. The minimum Gasteiger partial charge on any atom is -0.467 e. The Balaban J connectivity index is 4.94. The summed E-state index contributed by atoms with van der Waals surface area (Å²) < 4.78 is 55.7. The van der Waals surface area contributed by atoms with Crippen molar-refractivity contribution in [2.75, 3.05) is 13.7 Å². The minimum atomic E-state index is -4.07. The van der Waals surface area contributed by atoms with Gasteiger partial charge in [-0.2, -0.15) is 8.78 Å². The van der Waals surface area contributed by atoms with Crippen LogP contribution in [0.4, 0.5) is 13.2 Å². The first-order chi connectivity index (χ1) is 7.06. The van der Waals surface area contributed by atoms with Gasteiger partial charge in [-0.25, -0.2) is 9.18 Å². The van der Waals surface area contributed by atoms with Crippen LogP contribution >= 0.6 is 0 Å². The van der Waals surface area contributed by atoms with E-state index in [4.69, 9.17) is 1.37 Å². The zero-order valence-electron chi connectivity index (χ0n) is 10.0. The number of hydrogen-bond acceptors (Lipinski definition) is 3. The number of alkyl halides is 3. The molecular formula is C9H15F3O3. The predicted molar refractivity (Wildman–Crippen MR) is 47.6 cm³/mol. The average Bonchev–Trinajstić information content (AvgIpc) is 2.13. The molecule has 0 aliphatic rings. The van der Waals surface area contributed by atoms with Crippen molar-refractivity contribution in [3.05, 3.63) is 0 Å². The van der Waals surface area contributed by atoms with Crippen molar-refractivity contribution >= 4 is 5.97 Å². The van der Waals surface area contributed by atoms with Crippen LogP contribution in [0.25, 0.3) is 0 Å². The summed E-state index contributed by atoms with van der Waals surface area (Å²) in [6.07, 6.45) is -3.12. The summed E-state index contributed by atoms with van der Waals surface area (Å²) in [5, 5.41) is 0. The van der Waals surface area contributed by atoms with Gasteiger partial charge in [0.15, 0.2) is 0 Å². The Morgan fingerprint density at radius 1 is 1.53 bits per heavy atom. The molecule has 0 aliphatic heterocycles. The Bertz CT molecular complexity index is 256. The van der Waals surface area contributed by atoms with Crippen molar-refractivity contribution in [2.24, 2.45) is 0 Å². The molecule has 0 saturated carbocycles. The third-order valence-electron chi connectivity index (χ3n) is 1.94. The molecule has 0 aromatic carbocycles. The maximum atomic E-state index is 13.5. The van der Waals surface area contributed by atoms with Crippen LogP contribution in [0.1, 0.15) is 22.1 Å². The van der Waals surface area contributed by atoms with E-state index in [1.807, 2.05) is 0 Å². The monoisotopic (exact) mass is 229 g/mol. The van der Waals surface area contributed by atoms with Gasteiger partial charge >= 0.3 is 11.9 Å². The van der Waals surface area contributed by atoms with E-state index in [-0.39, 0.29) is 0 Å². The number of carbonyl (C=O) groups is 1. The van der Waals surface area contributed by atoms with Crippen LogP contribution in [-0.4, -0.2) is 37.4 Å². The molecule has 0 fully saturated rings. The van der Waals surface area contributed by atoms with E-state index < -0.39 is 30.2 Å². The van der Waals surface area contributed by atoms with Crippen molar-refractivity contribution < 1.29 is 28.8 Å². The van der Waals surface area contributed by atoms with Crippen molar-refractivity contribution in [3.63, 3.8) is 0 Å². The topological polar surface area (TPSA) is 35.5 Å². The number of esters is 1. The largest absolute Gasteiger partial charge is 0.467 e. The van der Waals surface area contributed by atoms with Crippen LogP contribution in [0.5, 0.6) is 0 Å². The third-order valence-corrected chi connectivity index (χ3v) is 1.94. The molecule has 0 rings (SSSR count). The lowest BCUT2D eigenvalue weighted by atomic mass is 9.96. The second-order valence-corrected chi connectivity index (χ2v) is 3.37. The molecule has 0 radical (unpaired) electrons. The van der Waals surface area contributed by atoms with Crippen LogP contribution < -0.4 is 0 Å². The summed E-state index contributed by atoms with van der Waals surface area (Å²) in [4.78, 5) is 10.7. The summed E-state index contributed by atoms with van der Waals surface area (Å²) in [6.45, 7) is 1.77. The van der Waals surface area contributed by atoms with Crippen LogP contribution in [0.2, 0.25) is 0 Å². The second-order valence-electron chi connectivity index (χ2n) is 3.37. The third kappa shape index (κ3) is 2.84. The summed E-state index contributed by atoms with van der Waals surface area (Å²) in [7, 11) is 0.811. The summed E-state index contributed by atoms with van der Waals surface area (Å²) >= 11 is 0. The Morgan fingerprint density at radius 3 is 2.33 bits per heavy atom. The average molecular weight is 229 g/mol. The Morgan fingerprint density at radius 2 is 2.00 bits per heavy atom. The molecule has 3 nitrogen and oxygen atoms in total. The quantitative estimate of drug-likeness (QED) is 0.676. The lowest BCUT2D eigenvalue weighted by Gasteiger charge is -2.34. The fourth-order valence-corrected chi connectivity index (χ4v) is 0.930. The number of halogens is 3. The molecule has 0 aromatic rings. The van der Waals surface area contributed by atoms with Gasteiger partial charge in [-0.15, -0.1) is 0 Å². The van der Waals surface area contributed by atoms with E-state index in [1.165, 1.54) is 6.92 Å². The first-order valence-electron chi connectivity index (χ1n) is 4.83. The number of ether oxygens (including phenoxy) is 2. The lowest BCUT2D eigenvalue weighted by Crippen LogP contribution is -2.54. The van der Waals surface area contributed by atoms with E-state index in [0.717, 1.165) is 21.0 Å². The maximum Gasteiger partial charge on any atom is 0.347 e. The molecule has 0 aromatic heterocycles. The summed E-state index contributed by atoms with van der Waals surface area (Å²) in [6, 6.07) is 0. The minimum absolute atomic E-state index is 0.811. The summed E-state index contributed by atoms with van der Waals surface area (Å²) in [5.41, 5.74) is -2.28. The van der Waals surface area contributed by atoms with Gasteiger partial charge in [-0.05, 0) is 20.8 Å². The molecule has 2 atom stereocenters. The zero-order valence-corrected chi connectivity index (χ0v) is 9.01. The molecular weight excluding hydrogens is 213 g/mol. The molecule has 0 spiro atoms. The van der Waals surface area contributed by atoms with E-state index in [2.05, 4.69) is 9.47 Å². The van der Waals surface area contributed by atoms with Crippen molar-refractivity contribution in [1.82, 2.24) is 0 Å². The lowest BCUT2D eigenvalue weighted by molar-refractivity contribution is -0.225. The van der Waals surface area contributed by atoms with Crippen LogP contribution in [-0.2, 0) is 14.3 Å². The number of rotatable bonds is 5. The van der Waals surface area contributed by atoms with Gasteiger partial charge < -0.3 is 9.47 Å². The smallest absolute Gasteiger partial charge is 0.347 e. The van der Waals surface area contributed by atoms with Gasteiger partial charge in [0.05, 0.1) is 8.48 Å². The molecule has 15 heavy (non-hydrogen) atoms. The maximum absolute atomic E-state index is 13.5. The fraction of sp³-hybridized carbons (Fsp3) is 0.889. The van der Waals surface area contributed by atoms with E-state index in [0.29, 0.717) is 0 Å². The first-order valence-corrected chi connectivity index (χ1v) is 4.26. The van der Waals surface area contributed by atoms with E-state index in [1.54, 1.807) is 0 Å². The first kappa shape index (κ1) is 12.3. The van der Waals surface area contributed by atoms with Crippen molar-refractivity contribution in [3.8, 4) is 0 Å². The van der Waals surface area contributed by atoms with Crippen LogP contribution in [0.15, 0.2) is 0 Å². The van der Waals surface area contributed by atoms with Crippen LogP contribution in [0.3, 0.4) is 0 Å². The Kier molecular flexibility index (Phi) is 3.96. The van der Waals surface area contributed by atoms with Crippen molar-refractivity contribution in [1.29, 1.82) is 0 Å². The van der Waals surface area contributed by atoms with E-state index in [9.17, 15) is 18.0 Å². The number of carbonyl (C=O) groups excluding carboxylic acids is 1. The SMILES string of the molecule is [2H]C(C)OC(C)(C)C(F)(F)C(F)C(=O)OC. The Labute approximate surface area is 87.9 Å². The molecule has 0 saturated heterocycles. The van der Waals surface area contributed by atoms with Gasteiger partial charge in [0, 0.05) is 6.58 Å². The molecule has 0 amide bonds. The zero-order chi connectivity index (χ0) is 13.1. The highest BCUT2D eigenvalue weighted by Gasteiger charge is 2.58. The number of methoxy groups -OCH3 is 1. The molecule has 0 aliphatic carbocycles. The molecule has 0 heterocycles. The van der Waals surface area contributed by atoms with Crippen molar-refractivity contribution in [2.45, 2.75) is 38.5 Å². The molecule has 2 unspecified atom stereocenters. The molecule has 0 bridgehead atoms. The predicted octanol–water partition coefficient (Wildman–Crippen LogP) is 1.95.